The van der Waals surface area contributed by atoms with E-state index < -0.39 is 0 Å². The molecule has 19 heavy (non-hydrogen) atoms. The number of nitrogens with zero attached hydrogens (tertiary/aromatic N) is 3. The molecule has 1 aliphatic carbocycles. The van der Waals surface area contributed by atoms with E-state index in [1.165, 1.54) is 31.5 Å². The zero-order valence-corrected chi connectivity index (χ0v) is 12.3. The van der Waals surface area contributed by atoms with Crippen molar-refractivity contribution in [1.82, 2.24) is 14.9 Å². The van der Waals surface area contributed by atoms with Gasteiger partial charge in [-0.05, 0) is 30.4 Å². The highest BCUT2D eigenvalue weighted by Gasteiger charge is 2.32. The lowest BCUT2D eigenvalue weighted by Crippen LogP contribution is -2.20. The van der Waals surface area contributed by atoms with Gasteiger partial charge in [0.25, 0.3) is 0 Å². The topological polar surface area (TPSA) is 29.0 Å². The van der Waals surface area contributed by atoms with Crippen molar-refractivity contribution in [1.29, 1.82) is 0 Å². The summed E-state index contributed by atoms with van der Waals surface area (Å²) < 4.78 is 0. The molecule has 1 aromatic heterocycles. The molecule has 4 heteroatoms. The molecule has 1 aromatic rings. The standard InChI is InChI=1S/C15H21N3S/c1-2-19-15-16-7-12(8-17-15)9-18-10-13-5-3-4-6-14(13)11-18/h3-4,7-8,13-14H,2,5-6,9-11H2,1H3/t13-,14+. The van der Waals surface area contributed by atoms with E-state index in [2.05, 4.69) is 33.9 Å². The lowest BCUT2D eigenvalue weighted by molar-refractivity contribution is 0.313. The fourth-order valence-corrected chi connectivity index (χ4v) is 3.64. The summed E-state index contributed by atoms with van der Waals surface area (Å²) in [5, 5.41) is 0.894. The summed E-state index contributed by atoms with van der Waals surface area (Å²) in [5.74, 6) is 2.78. The SMILES string of the molecule is CCSc1ncc(CN2C[C@H]3CC=CC[C@H]3C2)cn1. The molecule has 2 atom stereocenters. The first-order valence-corrected chi connectivity index (χ1v) is 8.14. The fourth-order valence-electron chi connectivity index (χ4n) is 3.13. The van der Waals surface area contributed by atoms with Crippen LogP contribution in [0.3, 0.4) is 0 Å². The Labute approximate surface area is 119 Å². The molecule has 1 fully saturated rings. The molecule has 0 aromatic carbocycles. The first-order valence-electron chi connectivity index (χ1n) is 7.16. The van der Waals surface area contributed by atoms with Crippen LogP contribution in [-0.4, -0.2) is 33.7 Å². The van der Waals surface area contributed by atoms with Crippen molar-refractivity contribution in [3.05, 3.63) is 30.1 Å². The third kappa shape index (κ3) is 3.18. The van der Waals surface area contributed by atoms with Gasteiger partial charge >= 0.3 is 0 Å². The molecule has 0 unspecified atom stereocenters. The van der Waals surface area contributed by atoms with Crippen LogP contribution in [0.5, 0.6) is 0 Å². The minimum Gasteiger partial charge on any atom is -0.298 e. The van der Waals surface area contributed by atoms with Crippen LogP contribution in [0.25, 0.3) is 0 Å². The van der Waals surface area contributed by atoms with Crippen molar-refractivity contribution in [3.8, 4) is 0 Å². The van der Waals surface area contributed by atoms with E-state index in [1.54, 1.807) is 11.8 Å². The largest absolute Gasteiger partial charge is 0.298 e. The van der Waals surface area contributed by atoms with Gasteiger partial charge in [0.1, 0.15) is 0 Å². The lowest BCUT2D eigenvalue weighted by Gasteiger charge is -2.18. The van der Waals surface area contributed by atoms with Gasteiger partial charge in [-0.25, -0.2) is 9.97 Å². The molecule has 1 saturated heterocycles. The quantitative estimate of drug-likeness (QED) is 0.480. The van der Waals surface area contributed by atoms with Crippen LogP contribution in [0, 0.1) is 11.8 Å². The van der Waals surface area contributed by atoms with Crippen LogP contribution in [0.4, 0.5) is 0 Å². The first-order chi connectivity index (χ1) is 9.35. The van der Waals surface area contributed by atoms with E-state index in [9.17, 15) is 0 Å². The van der Waals surface area contributed by atoms with E-state index in [0.717, 1.165) is 29.3 Å². The Morgan fingerprint density at radius 1 is 1.16 bits per heavy atom. The molecule has 2 heterocycles. The van der Waals surface area contributed by atoms with Crippen LogP contribution in [0.2, 0.25) is 0 Å². The van der Waals surface area contributed by atoms with E-state index in [1.807, 2.05) is 12.4 Å². The molecule has 2 aliphatic rings. The molecular formula is C15H21N3S. The Kier molecular flexibility index (Phi) is 4.18. The van der Waals surface area contributed by atoms with Gasteiger partial charge in [0.2, 0.25) is 0 Å². The van der Waals surface area contributed by atoms with Gasteiger partial charge in [-0.2, -0.15) is 0 Å². The zero-order chi connectivity index (χ0) is 13.1. The molecular weight excluding hydrogens is 254 g/mol. The number of rotatable bonds is 4. The maximum Gasteiger partial charge on any atom is 0.187 e. The molecule has 0 bridgehead atoms. The minimum atomic E-state index is 0.876. The summed E-state index contributed by atoms with van der Waals surface area (Å²) in [6.07, 6.45) is 11.2. The number of likely N-dealkylation sites (tertiary alicyclic amines) is 1. The molecule has 3 rings (SSSR count). The van der Waals surface area contributed by atoms with Crippen LogP contribution < -0.4 is 0 Å². The number of hydrogen-bond acceptors (Lipinski definition) is 4. The second-order valence-corrected chi connectivity index (χ2v) is 6.70. The predicted molar refractivity (Wildman–Crippen MR) is 79.1 cm³/mol. The number of allylic oxidation sites excluding steroid dienone is 2. The van der Waals surface area contributed by atoms with Crippen molar-refractivity contribution < 1.29 is 0 Å². The first kappa shape index (κ1) is 13.1. The second-order valence-electron chi connectivity index (χ2n) is 5.46. The highest BCUT2D eigenvalue weighted by atomic mass is 32.2. The van der Waals surface area contributed by atoms with Gasteiger partial charge < -0.3 is 0 Å². The Morgan fingerprint density at radius 3 is 2.37 bits per heavy atom. The Balaban J connectivity index is 1.57. The average Bonchev–Trinajstić information content (AvgIpc) is 2.83. The van der Waals surface area contributed by atoms with Crippen molar-refractivity contribution >= 4 is 11.8 Å². The normalized spacial score (nSPS) is 26.6. The van der Waals surface area contributed by atoms with Crippen molar-refractivity contribution in [2.45, 2.75) is 31.5 Å². The molecule has 0 radical (unpaired) electrons. The van der Waals surface area contributed by atoms with Crippen molar-refractivity contribution in [3.63, 3.8) is 0 Å². The number of aromatic nitrogens is 2. The predicted octanol–water partition coefficient (Wildman–Crippen LogP) is 2.99. The van der Waals surface area contributed by atoms with Crippen LogP contribution in [0.1, 0.15) is 25.3 Å². The van der Waals surface area contributed by atoms with Crippen LogP contribution >= 0.6 is 11.8 Å². The van der Waals surface area contributed by atoms with Gasteiger partial charge in [0.05, 0.1) is 0 Å². The van der Waals surface area contributed by atoms with Crippen LogP contribution in [-0.2, 0) is 6.54 Å². The lowest BCUT2D eigenvalue weighted by atomic mass is 9.86. The molecule has 0 amide bonds. The summed E-state index contributed by atoms with van der Waals surface area (Å²) in [7, 11) is 0. The molecule has 3 nitrogen and oxygen atoms in total. The summed E-state index contributed by atoms with van der Waals surface area (Å²) in [5.41, 5.74) is 1.24. The Morgan fingerprint density at radius 2 is 1.79 bits per heavy atom. The van der Waals surface area contributed by atoms with Crippen molar-refractivity contribution in [2.24, 2.45) is 11.8 Å². The minimum absolute atomic E-state index is 0.876. The fraction of sp³-hybridized carbons (Fsp3) is 0.600. The summed E-state index contributed by atoms with van der Waals surface area (Å²) in [4.78, 5) is 11.4. The third-order valence-corrected chi connectivity index (χ3v) is 4.82. The van der Waals surface area contributed by atoms with E-state index in [4.69, 9.17) is 0 Å². The smallest absolute Gasteiger partial charge is 0.187 e. The third-order valence-electron chi connectivity index (χ3n) is 4.06. The van der Waals surface area contributed by atoms with Gasteiger partial charge in [0.15, 0.2) is 5.16 Å². The summed E-state index contributed by atoms with van der Waals surface area (Å²) >= 11 is 1.70. The molecule has 0 saturated carbocycles. The number of fused-ring (bicyclic) bond motifs is 1. The van der Waals surface area contributed by atoms with E-state index >= 15 is 0 Å². The second kappa shape index (κ2) is 6.06. The van der Waals surface area contributed by atoms with Gasteiger partial charge in [-0.15, -0.1) is 0 Å². The number of thioether (sulfide) groups is 1. The van der Waals surface area contributed by atoms with Gasteiger partial charge in [-0.1, -0.05) is 30.8 Å². The average molecular weight is 275 g/mol. The summed E-state index contributed by atoms with van der Waals surface area (Å²) in [6.45, 7) is 5.60. The maximum absolute atomic E-state index is 4.41. The van der Waals surface area contributed by atoms with Gasteiger partial charge in [0, 0.05) is 37.6 Å². The zero-order valence-electron chi connectivity index (χ0n) is 11.5. The van der Waals surface area contributed by atoms with Gasteiger partial charge in [-0.3, -0.25) is 4.90 Å². The Bertz CT molecular complexity index is 427. The molecule has 0 N–H and O–H groups in total. The van der Waals surface area contributed by atoms with Crippen LogP contribution in [0.15, 0.2) is 29.7 Å². The monoisotopic (exact) mass is 275 g/mol. The molecule has 1 aliphatic heterocycles. The molecule has 102 valence electrons. The summed E-state index contributed by atoms with van der Waals surface area (Å²) in [6, 6.07) is 0. The highest BCUT2D eigenvalue weighted by molar-refractivity contribution is 7.99. The highest BCUT2D eigenvalue weighted by Crippen LogP contribution is 2.33. The number of hydrogen-bond donors (Lipinski definition) is 0. The Hall–Kier alpha value is -0.870. The maximum atomic E-state index is 4.41. The van der Waals surface area contributed by atoms with E-state index in [0.29, 0.717) is 0 Å². The molecule has 0 spiro atoms. The van der Waals surface area contributed by atoms with Crippen molar-refractivity contribution in [2.75, 3.05) is 18.8 Å². The van der Waals surface area contributed by atoms with E-state index in [-0.39, 0.29) is 0 Å².